The highest BCUT2D eigenvalue weighted by Crippen LogP contribution is 2.21. The molecule has 2 N–H and O–H groups in total. The summed E-state index contributed by atoms with van der Waals surface area (Å²) >= 11 is 2.02. The van der Waals surface area contributed by atoms with Crippen molar-refractivity contribution < 1.29 is 22.8 Å². The van der Waals surface area contributed by atoms with Gasteiger partial charge in [-0.15, -0.1) is 0 Å². The van der Waals surface area contributed by atoms with Gasteiger partial charge >= 0.3 is 12.1 Å². The Morgan fingerprint density at radius 3 is 2.29 bits per heavy atom. The van der Waals surface area contributed by atoms with Gasteiger partial charge in [-0.1, -0.05) is 30.3 Å². The van der Waals surface area contributed by atoms with Crippen LogP contribution >= 0.6 is 22.6 Å². The van der Waals surface area contributed by atoms with Gasteiger partial charge in [0.05, 0.1) is 5.56 Å². The van der Waals surface area contributed by atoms with Crippen LogP contribution < -0.4 is 10.6 Å². The van der Waals surface area contributed by atoms with Crippen molar-refractivity contribution in [2.75, 3.05) is 5.32 Å². The molecule has 0 heterocycles. The molecule has 2 aromatic carbocycles. The quantitative estimate of drug-likeness (QED) is 0.701. The van der Waals surface area contributed by atoms with E-state index in [1.54, 1.807) is 30.3 Å². The topological polar surface area (TPSA) is 58.2 Å². The maximum absolute atomic E-state index is 12.4. The minimum Gasteiger partial charge on any atom is -0.348 e. The van der Waals surface area contributed by atoms with Crippen LogP contribution in [0.5, 0.6) is 0 Å². The molecule has 24 heavy (non-hydrogen) atoms. The predicted octanol–water partition coefficient (Wildman–Crippen LogP) is 3.72. The standard InChI is InChI=1S/C16H12F3IN2O2/c17-16(18,19)15(24)22-13-8-4-1-5-10(13)9-21-14(23)11-6-2-3-7-12(11)20/h1-8H,9H2,(H,21,23)(H,22,24). The molecule has 0 saturated heterocycles. The number of benzene rings is 2. The fraction of sp³-hybridized carbons (Fsp3) is 0.125. The highest BCUT2D eigenvalue weighted by molar-refractivity contribution is 14.1. The molecule has 0 aliphatic carbocycles. The summed E-state index contributed by atoms with van der Waals surface area (Å²) in [6.07, 6.45) is -4.98. The lowest BCUT2D eigenvalue weighted by Crippen LogP contribution is -2.31. The molecule has 2 amide bonds. The van der Waals surface area contributed by atoms with Crippen molar-refractivity contribution in [1.82, 2.24) is 5.32 Å². The number of para-hydroxylation sites is 1. The summed E-state index contributed by atoms with van der Waals surface area (Å²) in [6.45, 7) is -0.0158. The number of rotatable bonds is 4. The molecule has 0 aromatic heterocycles. The van der Waals surface area contributed by atoms with E-state index < -0.39 is 12.1 Å². The highest BCUT2D eigenvalue weighted by atomic mass is 127. The summed E-state index contributed by atoms with van der Waals surface area (Å²) in [6, 6.07) is 12.9. The molecule has 0 spiro atoms. The maximum Gasteiger partial charge on any atom is 0.471 e. The van der Waals surface area contributed by atoms with Crippen molar-refractivity contribution in [2.45, 2.75) is 12.7 Å². The third-order valence-corrected chi connectivity index (χ3v) is 4.02. The van der Waals surface area contributed by atoms with Gasteiger partial charge in [0.1, 0.15) is 0 Å². The van der Waals surface area contributed by atoms with Crippen LogP contribution in [0.4, 0.5) is 18.9 Å². The normalized spacial score (nSPS) is 11.0. The first-order chi connectivity index (χ1) is 11.3. The molecule has 2 rings (SSSR count). The summed E-state index contributed by atoms with van der Waals surface area (Å²) in [4.78, 5) is 23.2. The van der Waals surface area contributed by atoms with E-state index in [1.165, 1.54) is 18.2 Å². The van der Waals surface area contributed by atoms with Gasteiger partial charge in [0.2, 0.25) is 0 Å². The first-order valence-electron chi connectivity index (χ1n) is 6.78. The zero-order chi connectivity index (χ0) is 17.7. The first-order valence-corrected chi connectivity index (χ1v) is 7.85. The number of hydrogen-bond acceptors (Lipinski definition) is 2. The molecule has 8 heteroatoms. The van der Waals surface area contributed by atoms with Crippen molar-refractivity contribution in [3.8, 4) is 0 Å². The summed E-state index contributed by atoms with van der Waals surface area (Å²) in [5, 5.41) is 4.44. The van der Waals surface area contributed by atoms with E-state index in [0.717, 1.165) is 3.57 Å². The van der Waals surface area contributed by atoms with Crippen LogP contribution in [-0.2, 0) is 11.3 Å². The van der Waals surface area contributed by atoms with Crippen LogP contribution in [-0.4, -0.2) is 18.0 Å². The fourth-order valence-electron chi connectivity index (χ4n) is 1.91. The molecule has 0 radical (unpaired) electrons. The number of nitrogens with one attached hydrogen (secondary N) is 2. The molecular weight excluding hydrogens is 436 g/mol. The van der Waals surface area contributed by atoms with Crippen molar-refractivity contribution in [1.29, 1.82) is 0 Å². The van der Waals surface area contributed by atoms with Gasteiger partial charge in [-0.3, -0.25) is 9.59 Å². The molecule has 0 bridgehead atoms. The Kier molecular flexibility index (Phi) is 5.81. The second-order valence-electron chi connectivity index (χ2n) is 4.77. The summed E-state index contributed by atoms with van der Waals surface area (Å²) in [7, 11) is 0. The zero-order valence-corrected chi connectivity index (χ0v) is 14.3. The third kappa shape index (κ3) is 4.70. The van der Waals surface area contributed by atoms with E-state index in [-0.39, 0.29) is 18.1 Å². The van der Waals surface area contributed by atoms with E-state index in [2.05, 4.69) is 5.32 Å². The van der Waals surface area contributed by atoms with Crippen LogP contribution in [0.15, 0.2) is 48.5 Å². The first kappa shape index (κ1) is 18.2. The Labute approximate surface area is 149 Å². The Morgan fingerprint density at radius 2 is 1.62 bits per heavy atom. The average Bonchev–Trinajstić information content (AvgIpc) is 2.53. The van der Waals surface area contributed by atoms with Crippen molar-refractivity contribution in [2.24, 2.45) is 0 Å². The smallest absolute Gasteiger partial charge is 0.348 e. The molecule has 0 aliphatic rings. The van der Waals surface area contributed by atoms with E-state index in [1.807, 2.05) is 27.9 Å². The third-order valence-electron chi connectivity index (χ3n) is 3.08. The Morgan fingerprint density at radius 1 is 1.00 bits per heavy atom. The van der Waals surface area contributed by atoms with Crippen LogP contribution in [0.25, 0.3) is 0 Å². The minimum absolute atomic E-state index is 0.00267. The van der Waals surface area contributed by atoms with Crippen LogP contribution in [0.3, 0.4) is 0 Å². The molecule has 2 aromatic rings. The maximum atomic E-state index is 12.4. The lowest BCUT2D eigenvalue weighted by molar-refractivity contribution is -0.167. The number of carbonyl (C=O) groups excluding carboxylic acids is 2. The van der Waals surface area contributed by atoms with Crippen LogP contribution in [0, 0.1) is 3.57 Å². The van der Waals surface area contributed by atoms with Crippen molar-refractivity contribution in [3.05, 3.63) is 63.2 Å². The fourth-order valence-corrected chi connectivity index (χ4v) is 2.54. The average molecular weight is 448 g/mol. The van der Waals surface area contributed by atoms with Gasteiger partial charge in [0.25, 0.3) is 5.91 Å². The van der Waals surface area contributed by atoms with Gasteiger partial charge in [0.15, 0.2) is 0 Å². The number of hydrogen-bond donors (Lipinski definition) is 2. The highest BCUT2D eigenvalue weighted by Gasteiger charge is 2.38. The Balaban J connectivity index is 2.10. The van der Waals surface area contributed by atoms with Gasteiger partial charge < -0.3 is 10.6 Å². The molecule has 126 valence electrons. The Bertz CT molecular complexity index is 763. The summed E-state index contributed by atoms with van der Waals surface area (Å²) < 4.78 is 37.8. The molecule has 0 atom stereocenters. The van der Waals surface area contributed by atoms with Gasteiger partial charge in [-0.2, -0.15) is 13.2 Å². The molecule has 0 aliphatic heterocycles. The van der Waals surface area contributed by atoms with Crippen molar-refractivity contribution >= 4 is 40.1 Å². The number of alkyl halides is 3. The van der Waals surface area contributed by atoms with Gasteiger partial charge in [-0.05, 0) is 46.4 Å². The number of carbonyl (C=O) groups is 2. The molecule has 4 nitrogen and oxygen atoms in total. The number of anilines is 1. The lowest BCUT2D eigenvalue weighted by atomic mass is 10.1. The molecule has 0 fully saturated rings. The molecule has 0 saturated carbocycles. The van der Waals surface area contributed by atoms with E-state index in [9.17, 15) is 22.8 Å². The summed E-state index contributed by atoms with van der Waals surface area (Å²) in [5.41, 5.74) is 0.840. The Hall–Kier alpha value is -2.10. The SMILES string of the molecule is O=C(NCc1ccccc1NC(=O)C(F)(F)F)c1ccccc1I. The van der Waals surface area contributed by atoms with Gasteiger partial charge in [-0.25, -0.2) is 0 Å². The van der Waals surface area contributed by atoms with E-state index >= 15 is 0 Å². The number of halogens is 4. The van der Waals surface area contributed by atoms with E-state index in [4.69, 9.17) is 0 Å². The second-order valence-corrected chi connectivity index (χ2v) is 5.93. The largest absolute Gasteiger partial charge is 0.471 e. The molecular formula is C16H12F3IN2O2. The van der Waals surface area contributed by atoms with Gasteiger partial charge in [0, 0.05) is 15.8 Å². The summed E-state index contributed by atoms with van der Waals surface area (Å²) in [5.74, 6) is -2.41. The second kappa shape index (κ2) is 7.65. The lowest BCUT2D eigenvalue weighted by Gasteiger charge is -2.13. The number of amides is 2. The minimum atomic E-state index is -4.98. The van der Waals surface area contributed by atoms with Crippen LogP contribution in [0.1, 0.15) is 15.9 Å². The molecule has 0 unspecified atom stereocenters. The monoisotopic (exact) mass is 448 g/mol. The predicted molar refractivity (Wildman–Crippen MR) is 91.5 cm³/mol. The van der Waals surface area contributed by atoms with Crippen molar-refractivity contribution in [3.63, 3.8) is 0 Å². The van der Waals surface area contributed by atoms with Crippen LogP contribution in [0.2, 0.25) is 0 Å². The zero-order valence-electron chi connectivity index (χ0n) is 12.2. The van der Waals surface area contributed by atoms with E-state index in [0.29, 0.717) is 11.1 Å².